The second-order valence-corrected chi connectivity index (χ2v) is 6.49. The molecule has 1 aliphatic carbocycles. The van der Waals surface area contributed by atoms with E-state index in [1.807, 2.05) is 12.1 Å². The lowest BCUT2D eigenvalue weighted by atomic mass is 9.85. The summed E-state index contributed by atoms with van der Waals surface area (Å²) in [6, 6.07) is 5.96. The van der Waals surface area contributed by atoms with E-state index in [-0.39, 0.29) is 5.91 Å². The van der Waals surface area contributed by atoms with Gasteiger partial charge in [0.1, 0.15) is 0 Å². The van der Waals surface area contributed by atoms with Crippen LogP contribution < -0.4 is 5.73 Å². The van der Waals surface area contributed by atoms with Crippen molar-refractivity contribution in [1.29, 1.82) is 0 Å². The normalized spacial score (nSPS) is 26.3. The molecule has 3 nitrogen and oxygen atoms in total. The number of nitrogens with zero attached hydrogens (tertiary/aromatic N) is 1. The summed E-state index contributed by atoms with van der Waals surface area (Å²) in [5.74, 6) is 0.874. The molecule has 2 N–H and O–H groups in total. The summed E-state index contributed by atoms with van der Waals surface area (Å²) in [6.45, 7) is 0.907. The maximum Gasteiger partial charge on any atom is 0.254 e. The van der Waals surface area contributed by atoms with Crippen LogP contribution in [-0.2, 0) is 0 Å². The first-order valence-electron chi connectivity index (χ1n) is 7.03. The van der Waals surface area contributed by atoms with Crippen LogP contribution in [0.25, 0.3) is 0 Å². The Labute approximate surface area is 122 Å². The zero-order chi connectivity index (χ0) is 13.4. The zero-order valence-corrected chi connectivity index (χ0v) is 12.5. The fourth-order valence-electron chi connectivity index (χ4n) is 3.50. The lowest BCUT2D eigenvalue weighted by molar-refractivity contribution is 0.0690. The number of hydrogen-bond donors (Lipinski definition) is 1. The van der Waals surface area contributed by atoms with Gasteiger partial charge in [-0.1, -0.05) is 12.8 Å². The molecule has 1 saturated carbocycles. The van der Waals surface area contributed by atoms with Crippen LogP contribution in [0.2, 0.25) is 0 Å². The van der Waals surface area contributed by atoms with Crippen molar-refractivity contribution >= 4 is 27.5 Å². The van der Waals surface area contributed by atoms with Crippen molar-refractivity contribution in [3.05, 3.63) is 28.2 Å². The Bertz CT molecular complexity index is 503. The van der Waals surface area contributed by atoms with E-state index in [0.29, 0.717) is 17.3 Å². The van der Waals surface area contributed by atoms with Gasteiger partial charge in [0.05, 0.1) is 0 Å². The Kier molecular flexibility index (Phi) is 3.52. The smallest absolute Gasteiger partial charge is 0.254 e. The number of anilines is 1. The van der Waals surface area contributed by atoms with Gasteiger partial charge in [0.2, 0.25) is 0 Å². The number of nitrogens with two attached hydrogens (primary N) is 1. The number of amides is 1. The first-order chi connectivity index (χ1) is 9.16. The molecule has 19 heavy (non-hydrogen) atoms. The van der Waals surface area contributed by atoms with Crippen molar-refractivity contribution in [2.45, 2.75) is 38.1 Å². The fourth-order valence-corrected chi connectivity index (χ4v) is 3.75. The van der Waals surface area contributed by atoms with Crippen molar-refractivity contribution < 1.29 is 4.79 Å². The van der Waals surface area contributed by atoms with Crippen molar-refractivity contribution in [3.63, 3.8) is 0 Å². The van der Waals surface area contributed by atoms with Crippen LogP contribution in [0.4, 0.5) is 5.69 Å². The van der Waals surface area contributed by atoms with Crippen LogP contribution in [-0.4, -0.2) is 23.4 Å². The molecule has 1 heterocycles. The van der Waals surface area contributed by atoms with Gasteiger partial charge in [-0.05, 0) is 59.3 Å². The van der Waals surface area contributed by atoms with E-state index in [1.54, 1.807) is 6.07 Å². The number of nitrogen functional groups attached to an aromatic ring is 1. The Hall–Kier alpha value is -1.03. The second kappa shape index (κ2) is 5.16. The zero-order valence-electron chi connectivity index (χ0n) is 10.9. The van der Waals surface area contributed by atoms with Gasteiger partial charge in [0.15, 0.2) is 0 Å². The highest BCUT2D eigenvalue weighted by Gasteiger charge is 2.38. The highest BCUT2D eigenvalue weighted by Crippen LogP contribution is 2.37. The quantitative estimate of drug-likeness (QED) is 0.805. The largest absolute Gasteiger partial charge is 0.398 e. The van der Waals surface area contributed by atoms with Crippen LogP contribution in [0.5, 0.6) is 0 Å². The maximum absolute atomic E-state index is 12.6. The third kappa shape index (κ3) is 2.38. The molecule has 0 spiro atoms. The number of benzene rings is 1. The minimum atomic E-state index is 0.147. The van der Waals surface area contributed by atoms with Gasteiger partial charge < -0.3 is 10.6 Å². The van der Waals surface area contributed by atoms with Crippen LogP contribution in [0.1, 0.15) is 42.5 Å². The van der Waals surface area contributed by atoms with E-state index < -0.39 is 0 Å². The SMILES string of the molecule is Nc1cc(C(=O)N2CCC3CCCCC32)ccc1Br. The van der Waals surface area contributed by atoms with Crippen LogP contribution in [0, 0.1) is 5.92 Å². The number of rotatable bonds is 1. The number of carbonyl (C=O) groups is 1. The third-order valence-electron chi connectivity index (χ3n) is 4.51. The number of likely N-dealkylation sites (tertiary alicyclic amines) is 1. The van der Waals surface area contributed by atoms with Gasteiger partial charge in [-0.25, -0.2) is 0 Å². The fraction of sp³-hybridized carbons (Fsp3) is 0.533. The molecule has 2 aliphatic rings. The van der Waals surface area contributed by atoms with Crippen molar-refractivity contribution in [3.8, 4) is 0 Å². The molecule has 1 aromatic carbocycles. The molecule has 1 aromatic rings. The molecule has 1 saturated heterocycles. The molecule has 102 valence electrons. The van der Waals surface area contributed by atoms with Crippen LogP contribution in [0.3, 0.4) is 0 Å². The number of hydrogen-bond acceptors (Lipinski definition) is 2. The van der Waals surface area contributed by atoms with E-state index in [4.69, 9.17) is 5.73 Å². The van der Waals surface area contributed by atoms with Gasteiger partial charge in [-0.3, -0.25) is 4.79 Å². The van der Waals surface area contributed by atoms with Crippen molar-refractivity contribution in [1.82, 2.24) is 4.90 Å². The summed E-state index contributed by atoms with van der Waals surface area (Å²) in [5, 5.41) is 0. The average molecular weight is 323 g/mol. The Balaban J connectivity index is 1.81. The topological polar surface area (TPSA) is 46.3 Å². The van der Waals surface area contributed by atoms with Crippen LogP contribution >= 0.6 is 15.9 Å². The summed E-state index contributed by atoms with van der Waals surface area (Å²) < 4.78 is 0.848. The van der Waals surface area contributed by atoms with E-state index in [2.05, 4.69) is 20.8 Å². The Morgan fingerprint density at radius 2 is 2.05 bits per heavy atom. The highest BCUT2D eigenvalue weighted by atomic mass is 79.9. The monoisotopic (exact) mass is 322 g/mol. The summed E-state index contributed by atoms with van der Waals surface area (Å²) >= 11 is 3.37. The Morgan fingerprint density at radius 3 is 2.84 bits per heavy atom. The molecule has 2 fully saturated rings. The van der Waals surface area contributed by atoms with Crippen molar-refractivity contribution in [2.24, 2.45) is 5.92 Å². The van der Waals surface area contributed by atoms with Crippen molar-refractivity contribution in [2.75, 3.05) is 12.3 Å². The molecular formula is C15H19BrN2O. The van der Waals surface area contributed by atoms with E-state index in [0.717, 1.165) is 16.9 Å². The lowest BCUT2D eigenvalue weighted by Crippen LogP contribution is -2.39. The van der Waals surface area contributed by atoms with Gasteiger partial charge >= 0.3 is 0 Å². The summed E-state index contributed by atoms with van der Waals surface area (Å²) in [6.07, 6.45) is 6.21. The first-order valence-corrected chi connectivity index (χ1v) is 7.82. The highest BCUT2D eigenvalue weighted by molar-refractivity contribution is 9.10. The molecular weight excluding hydrogens is 304 g/mol. The molecule has 2 atom stereocenters. The van der Waals surface area contributed by atoms with Gasteiger partial charge in [-0.15, -0.1) is 0 Å². The number of fused-ring (bicyclic) bond motifs is 1. The molecule has 0 aromatic heterocycles. The molecule has 0 bridgehead atoms. The maximum atomic E-state index is 12.6. The first kappa shape index (κ1) is 13.0. The van der Waals surface area contributed by atoms with E-state index in [9.17, 15) is 4.79 Å². The second-order valence-electron chi connectivity index (χ2n) is 5.64. The molecule has 1 aliphatic heterocycles. The summed E-state index contributed by atoms with van der Waals surface area (Å²) in [4.78, 5) is 14.7. The summed E-state index contributed by atoms with van der Waals surface area (Å²) in [5.41, 5.74) is 7.22. The lowest BCUT2D eigenvalue weighted by Gasteiger charge is -2.31. The molecule has 4 heteroatoms. The third-order valence-corrected chi connectivity index (χ3v) is 5.24. The average Bonchev–Trinajstić information content (AvgIpc) is 2.85. The standard InChI is InChI=1S/C15H19BrN2O/c16-12-6-5-11(9-13(12)17)15(19)18-8-7-10-3-1-2-4-14(10)18/h5-6,9-10,14H,1-4,7-8,17H2. The minimum Gasteiger partial charge on any atom is -0.398 e. The Morgan fingerprint density at radius 1 is 1.26 bits per heavy atom. The molecule has 3 rings (SSSR count). The van der Waals surface area contributed by atoms with Gasteiger partial charge in [-0.2, -0.15) is 0 Å². The van der Waals surface area contributed by atoms with Gasteiger partial charge in [0, 0.05) is 28.3 Å². The molecule has 1 amide bonds. The summed E-state index contributed by atoms with van der Waals surface area (Å²) in [7, 11) is 0. The molecule has 2 unspecified atom stereocenters. The number of carbonyl (C=O) groups excluding carboxylic acids is 1. The van der Waals surface area contributed by atoms with E-state index >= 15 is 0 Å². The minimum absolute atomic E-state index is 0.147. The van der Waals surface area contributed by atoms with E-state index in [1.165, 1.54) is 32.1 Å². The number of halogens is 1. The van der Waals surface area contributed by atoms with Gasteiger partial charge in [0.25, 0.3) is 5.91 Å². The molecule has 0 radical (unpaired) electrons. The predicted octanol–water partition coefficient (Wildman–Crippen LogP) is 3.44. The predicted molar refractivity (Wildman–Crippen MR) is 80.0 cm³/mol. The van der Waals surface area contributed by atoms with Crippen LogP contribution in [0.15, 0.2) is 22.7 Å².